The summed E-state index contributed by atoms with van der Waals surface area (Å²) in [6, 6.07) is 8.93. The van der Waals surface area contributed by atoms with Gasteiger partial charge in [0, 0.05) is 24.8 Å². The number of hydrogen-bond acceptors (Lipinski definition) is 2. The summed E-state index contributed by atoms with van der Waals surface area (Å²) in [7, 11) is 0. The molecule has 1 aliphatic carbocycles. The van der Waals surface area contributed by atoms with Crippen molar-refractivity contribution in [3.8, 4) is 0 Å². The van der Waals surface area contributed by atoms with Crippen molar-refractivity contribution in [2.24, 2.45) is 11.8 Å². The van der Waals surface area contributed by atoms with E-state index >= 15 is 0 Å². The van der Waals surface area contributed by atoms with Crippen molar-refractivity contribution in [1.82, 2.24) is 4.90 Å². The molecule has 3 unspecified atom stereocenters. The van der Waals surface area contributed by atoms with Gasteiger partial charge in [-0.3, -0.25) is 4.90 Å². The zero-order valence-corrected chi connectivity index (χ0v) is 10.6. The summed E-state index contributed by atoms with van der Waals surface area (Å²) in [4.78, 5) is 2.65. The van der Waals surface area contributed by atoms with Gasteiger partial charge in [0.1, 0.15) is 0 Å². The Morgan fingerprint density at radius 2 is 1.71 bits per heavy atom. The molecule has 0 spiro atoms. The quantitative estimate of drug-likeness (QED) is 0.791. The predicted molar refractivity (Wildman–Crippen MR) is 71.7 cm³/mol. The van der Waals surface area contributed by atoms with Crippen LogP contribution in [0.25, 0.3) is 0 Å². The van der Waals surface area contributed by atoms with Crippen LogP contribution in [0.4, 0.5) is 5.69 Å². The summed E-state index contributed by atoms with van der Waals surface area (Å²) < 4.78 is 0. The highest BCUT2D eigenvalue weighted by Crippen LogP contribution is 2.40. The van der Waals surface area contributed by atoms with Crippen LogP contribution in [0.1, 0.15) is 37.8 Å². The average molecular weight is 230 g/mol. The fourth-order valence-electron chi connectivity index (χ4n) is 3.57. The summed E-state index contributed by atoms with van der Waals surface area (Å²) in [6.45, 7) is 4.93. The van der Waals surface area contributed by atoms with Gasteiger partial charge in [-0.05, 0) is 49.3 Å². The Morgan fingerprint density at radius 1 is 1.12 bits per heavy atom. The molecule has 17 heavy (non-hydrogen) atoms. The number of fused-ring (bicyclic) bond motifs is 1. The molecule has 0 bridgehead atoms. The number of nitrogens with two attached hydrogens (primary N) is 1. The molecule has 2 nitrogen and oxygen atoms in total. The zero-order chi connectivity index (χ0) is 11.8. The largest absolute Gasteiger partial charge is 0.399 e. The summed E-state index contributed by atoms with van der Waals surface area (Å²) in [5.74, 6) is 1.96. The van der Waals surface area contributed by atoms with Gasteiger partial charge in [0.15, 0.2) is 0 Å². The van der Waals surface area contributed by atoms with Crippen LogP contribution in [0.3, 0.4) is 0 Å². The molecule has 3 atom stereocenters. The lowest BCUT2D eigenvalue weighted by Crippen LogP contribution is -2.25. The molecule has 3 rings (SSSR count). The SMILES string of the molecule is CC(c1ccc(N)cc1)N1CC2CCCC2C1. The molecule has 0 aromatic heterocycles. The van der Waals surface area contributed by atoms with E-state index in [-0.39, 0.29) is 0 Å². The van der Waals surface area contributed by atoms with Crippen molar-refractivity contribution in [3.63, 3.8) is 0 Å². The first kappa shape index (κ1) is 11.1. The topological polar surface area (TPSA) is 29.3 Å². The van der Waals surface area contributed by atoms with Crippen LogP contribution in [-0.2, 0) is 0 Å². The van der Waals surface area contributed by atoms with E-state index in [2.05, 4.69) is 24.0 Å². The molecule has 1 aliphatic heterocycles. The van der Waals surface area contributed by atoms with Crippen LogP contribution in [-0.4, -0.2) is 18.0 Å². The zero-order valence-electron chi connectivity index (χ0n) is 10.6. The number of anilines is 1. The van der Waals surface area contributed by atoms with Crippen molar-refractivity contribution in [3.05, 3.63) is 29.8 Å². The summed E-state index contributed by atoms with van der Waals surface area (Å²) >= 11 is 0. The lowest BCUT2D eigenvalue weighted by Gasteiger charge is -2.25. The van der Waals surface area contributed by atoms with Crippen molar-refractivity contribution >= 4 is 5.69 Å². The maximum absolute atomic E-state index is 5.74. The number of likely N-dealkylation sites (tertiary alicyclic amines) is 1. The maximum atomic E-state index is 5.74. The molecule has 92 valence electrons. The first-order chi connectivity index (χ1) is 8.24. The van der Waals surface area contributed by atoms with Crippen molar-refractivity contribution in [1.29, 1.82) is 0 Å². The van der Waals surface area contributed by atoms with Crippen LogP contribution in [0.15, 0.2) is 24.3 Å². The molecular formula is C15H22N2. The minimum atomic E-state index is 0.543. The van der Waals surface area contributed by atoms with E-state index < -0.39 is 0 Å². The highest BCUT2D eigenvalue weighted by molar-refractivity contribution is 5.40. The third-order valence-corrected chi connectivity index (χ3v) is 4.72. The summed E-state index contributed by atoms with van der Waals surface area (Å²) in [5.41, 5.74) is 8.00. The smallest absolute Gasteiger partial charge is 0.0320 e. The first-order valence-electron chi connectivity index (χ1n) is 6.83. The van der Waals surface area contributed by atoms with Gasteiger partial charge in [-0.15, -0.1) is 0 Å². The van der Waals surface area contributed by atoms with Crippen LogP contribution in [0.5, 0.6) is 0 Å². The molecule has 1 aromatic rings. The average Bonchev–Trinajstić information content (AvgIpc) is 2.89. The first-order valence-corrected chi connectivity index (χ1v) is 6.83. The highest BCUT2D eigenvalue weighted by atomic mass is 15.2. The van der Waals surface area contributed by atoms with Gasteiger partial charge in [0.2, 0.25) is 0 Å². The Bertz CT molecular complexity index is 372. The fraction of sp³-hybridized carbons (Fsp3) is 0.600. The third-order valence-electron chi connectivity index (χ3n) is 4.72. The van der Waals surface area contributed by atoms with E-state index in [4.69, 9.17) is 5.73 Å². The Hall–Kier alpha value is -1.02. The molecular weight excluding hydrogens is 208 g/mol. The van der Waals surface area contributed by atoms with Crippen LogP contribution < -0.4 is 5.73 Å². The Morgan fingerprint density at radius 3 is 2.29 bits per heavy atom. The predicted octanol–water partition coefficient (Wildman–Crippen LogP) is 3.06. The van der Waals surface area contributed by atoms with Gasteiger partial charge < -0.3 is 5.73 Å². The minimum absolute atomic E-state index is 0.543. The molecule has 1 aromatic carbocycles. The van der Waals surface area contributed by atoms with Gasteiger partial charge in [-0.25, -0.2) is 0 Å². The number of hydrogen-bond donors (Lipinski definition) is 1. The summed E-state index contributed by atoms with van der Waals surface area (Å²) in [5, 5.41) is 0. The van der Waals surface area contributed by atoms with Gasteiger partial charge in [-0.2, -0.15) is 0 Å². The Labute approximate surface area is 104 Å². The highest BCUT2D eigenvalue weighted by Gasteiger charge is 2.37. The van der Waals surface area contributed by atoms with E-state index in [1.54, 1.807) is 0 Å². The molecule has 2 heteroatoms. The van der Waals surface area contributed by atoms with Gasteiger partial charge in [-0.1, -0.05) is 18.6 Å². The minimum Gasteiger partial charge on any atom is -0.399 e. The molecule has 2 N–H and O–H groups in total. The van der Waals surface area contributed by atoms with Gasteiger partial charge in [0.05, 0.1) is 0 Å². The fourth-order valence-corrected chi connectivity index (χ4v) is 3.57. The second kappa shape index (κ2) is 4.34. The molecule has 2 fully saturated rings. The molecule has 1 saturated heterocycles. The molecule has 0 amide bonds. The van der Waals surface area contributed by atoms with E-state index in [9.17, 15) is 0 Å². The van der Waals surface area contributed by atoms with E-state index in [1.807, 2.05) is 12.1 Å². The van der Waals surface area contributed by atoms with Crippen LogP contribution in [0, 0.1) is 11.8 Å². The second-order valence-electron chi connectivity index (χ2n) is 5.75. The number of nitrogens with zero attached hydrogens (tertiary/aromatic N) is 1. The Kier molecular flexibility index (Phi) is 2.83. The lowest BCUT2D eigenvalue weighted by molar-refractivity contribution is 0.242. The number of rotatable bonds is 2. The monoisotopic (exact) mass is 230 g/mol. The maximum Gasteiger partial charge on any atom is 0.0320 e. The standard InChI is InChI=1S/C15H22N2/c1-11(12-5-7-15(16)8-6-12)17-9-13-3-2-4-14(13)10-17/h5-8,11,13-14H,2-4,9-10,16H2,1H3. The van der Waals surface area contributed by atoms with Crippen molar-refractivity contribution in [2.75, 3.05) is 18.8 Å². The van der Waals surface area contributed by atoms with Gasteiger partial charge in [0.25, 0.3) is 0 Å². The third kappa shape index (κ3) is 2.06. The Balaban J connectivity index is 1.70. The van der Waals surface area contributed by atoms with Crippen LogP contribution >= 0.6 is 0 Å². The van der Waals surface area contributed by atoms with Crippen molar-refractivity contribution in [2.45, 2.75) is 32.2 Å². The second-order valence-corrected chi connectivity index (χ2v) is 5.75. The van der Waals surface area contributed by atoms with E-state index in [1.165, 1.54) is 37.9 Å². The summed E-state index contributed by atoms with van der Waals surface area (Å²) in [6.07, 6.45) is 4.37. The van der Waals surface area contributed by atoms with E-state index in [0.717, 1.165) is 17.5 Å². The number of nitrogen functional groups attached to an aromatic ring is 1. The normalized spacial score (nSPS) is 30.4. The molecule has 2 aliphatic rings. The lowest BCUT2D eigenvalue weighted by atomic mass is 10.0. The van der Waals surface area contributed by atoms with Gasteiger partial charge >= 0.3 is 0 Å². The molecule has 1 heterocycles. The molecule has 1 saturated carbocycles. The van der Waals surface area contributed by atoms with Crippen LogP contribution in [0.2, 0.25) is 0 Å². The van der Waals surface area contributed by atoms with Crippen molar-refractivity contribution < 1.29 is 0 Å². The molecule has 0 radical (unpaired) electrons. The number of benzene rings is 1. The van der Waals surface area contributed by atoms with E-state index in [0.29, 0.717) is 6.04 Å².